The fourth-order valence-electron chi connectivity index (χ4n) is 2.85. The van der Waals surface area contributed by atoms with Gasteiger partial charge in [0.2, 0.25) is 0 Å². The summed E-state index contributed by atoms with van der Waals surface area (Å²) in [6.07, 6.45) is 1.43. The summed E-state index contributed by atoms with van der Waals surface area (Å²) in [4.78, 5) is 26.6. The third kappa shape index (κ3) is 2.71. The molecule has 1 aromatic heterocycles. The van der Waals surface area contributed by atoms with E-state index >= 15 is 0 Å². The normalized spacial score (nSPS) is 12.7. The van der Waals surface area contributed by atoms with E-state index in [0.717, 1.165) is 5.56 Å². The first-order valence-electron chi connectivity index (χ1n) is 8.08. The maximum absolute atomic E-state index is 12.9. The average molecular weight is 348 g/mol. The lowest BCUT2D eigenvalue weighted by Gasteiger charge is -2.16. The number of anilines is 2. The zero-order chi connectivity index (χ0) is 18.3. The molecule has 0 bridgehead atoms. The second-order valence-electron chi connectivity index (χ2n) is 6.08. The minimum absolute atomic E-state index is 0.197. The number of nitrogens with zero attached hydrogens (tertiary/aromatic N) is 1. The Kier molecular flexibility index (Phi) is 3.73. The summed E-state index contributed by atoms with van der Waals surface area (Å²) >= 11 is 0. The van der Waals surface area contributed by atoms with Gasteiger partial charge in [-0.15, -0.1) is 0 Å². The minimum atomic E-state index is -0.385. The van der Waals surface area contributed by atoms with Crippen molar-refractivity contribution >= 4 is 23.2 Å². The Morgan fingerprint density at radius 3 is 2.65 bits per heavy atom. The predicted molar refractivity (Wildman–Crippen MR) is 97.1 cm³/mol. The zero-order valence-electron chi connectivity index (χ0n) is 14.3. The van der Waals surface area contributed by atoms with Crippen LogP contribution < -0.4 is 15.0 Å². The number of rotatable bonds is 2. The molecule has 0 saturated carbocycles. The van der Waals surface area contributed by atoms with Crippen LogP contribution in [0.25, 0.3) is 0 Å². The van der Waals surface area contributed by atoms with E-state index in [4.69, 9.17) is 9.15 Å². The monoisotopic (exact) mass is 348 g/mol. The fourth-order valence-corrected chi connectivity index (χ4v) is 2.85. The largest absolute Gasteiger partial charge is 0.459 e. The summed E-state index contributed by atoms with van der Waals surface area (Å²) in [5.74, 6) is 0.656. The summed E-state index contributed by atoms with van der Waals surface area (Å²) in [5.41, 5.74) is 2.59. The standard InChI is InChI=1S/C20H16N2O4/c1-12-5-7-17-15(10-12)22(2)20(24)14-11-13(6-8-16(14)26-17)21-19(23)18-4-3-9-25-18/h3-11H,1-2H3,(H,21,23). The van der Waals surface area contributed by atoms with Crippen LogP contribution in [0, 0.1) is 6.92 Å². The summed E-state index contributed by atoms with van der Waals surface area (Å²) in [6, 6.07) is 13.8. The molecule has 0 unspecified atom stereocenters. The van der Waals surface area contributed by atoms with Crippen LogP contribution in [0.2, 0.25) is 0 Å². The number of furan rings is 1. The van der Waals surface area contributed by atoms with Gasteiger partial charge in [0.15, 0.2) is 11.5 Å². The van der Waals surface area contributed by atoms with Crippen LogP contribution in [0.1, 0.15) is 26.5 Å². The van der Waals surface area contributed by atoms with E-state index in [9.17, 15) is 9.59 Å². The van der Waals surface area contributed by atoms with Crippen molar-refractivity contribution in [3.8, 4) is 11.5 Å². The quantitative estimate of drug-likeness (QED) is 0.752. The van der Waals surface area contributed by atoms with E-state index < -0.39 is 0 Å². The molecule has 26 heavy (non-hydrogen) atoms. The Morgan fingerprint density at radius 1 is 1.08 bits per heavy atom. The van der Waals surface area contributed by atoms with Crippen LogP contribution in [0.3, 0.4) is 0 Å². The van der Waals surface area contributed by atoms with Crippen LogP contribution in [0.15, 0.2) is 59.2 Å². The molecule has 6 nitrogen and oxygen atoms in total. The van der Waals surface area contributed by atoms with Gasteiger partial charge < -0.3 is 19.4 Å². The molecule has 2 amide bonds. The molecule has 0 atom stereocenters. The second kappa shape index (κ2) is 6.07. The lowest BCUT2D eigenvalue weighted by atomic mass is 10.1. The zero-order valence-corrected chi connectivity index (χ0v) is 14.3. The van der Waals surface area contributed by atoms with Crippen molar-refractivity contribution in [2.24, 2.45) is 0 Å². The van der Waals surface area contributed by atoms with Crippen molar-refractivity contribution in [1.29, 1.82) is 0 Å². The number of nitrogens with one attached hydrogen (secondary N) is 1. The van der Waals surface area contributed by atoms with Gasteiger partial charge in [-0.2, -0.15) is 0 Å². The number of aryl methyl sites for hydroxylation is 1. The van der Waals surface area contributed by atoms with Gasteiger partial charge in [0.1, 0.15) is 5.75 Å². The first-order valence-corrected chi connectivity index (χ1v) is 8.08. The average Bonchev–Trinajstić information content (AvgIpc) is 3.15. The lowest BCUT2D eigenvalue weighted by molar-refractivity contribution is 0.0985. The summed E-state index contributed by atoms with van der Waals surface area (Å²) in [6.45, 7) is 1.96. The number of benzene rings is 2. The molecular weight excluding hydrogens is 332 g/mol. The van der Waals surface area contributed by atoms with E-state index in [0.29, 0.717) is 28.4 Å². The Bertz CT molecular complexity index is 1010. The molecule has 0 aliphatic carbocycles. The SMILES string of the molecule is Cc1ccc2c(c1)N(C)C(=O)c1cc(NC(=O)c3ccco3)ccc1O2. The Morgan fingerprint density at radius 2 is 1.88 bits per heavy atom. The van der Waals surface area contributed by atoms with Crippen molar-refractivity contribution in [3.05, 3.63) is 71.7 Å². The van der Waals surface area contributed by atoms with Crippen molar-refractivity contribution in [2.75, 3.05) is 17.3 Å². The van der Waals surface area contributed by atoms with Gasteiger partial charge in [0.05, 0.1) is 17.5 Å². The molecule has 0 saturated heterocycles. The Hall–Kier alpha value is -3.54. The van der Waals surface area contributed by atoms with E-state index in [1.54, 1.807) is 42.3 Å². The molecule has 1 aliphatic heterocycles. The number of ether oxygens (including phenoxy) is 1. The van der Waals surface area contributed by atoms with Gasteiger partial charge in [0, 0.05) is 12.7 Å². The highest BCUT2D eigenvalue weighted by Crippen LogP contribution is 2.39. The number of hydrogen-bond donors (Lipinski definition) is 1. The van der Waals surface area contributed by atoms with Crippen LogP contribution in [-0.2, 0) is 0 Å². The highest BCUT2D eigenvalue weighted by Gasteiger charge is 2.26. The molecule has 6 heteroatoms. The number of carbonyl (C=O) groups excluding carboxylic acids is 2. The first kappa shape index (κ1) is 16.0. The molecule has 0 radical (unpaired) electrons. The third-order valence-corrected chi connectivity index (χ3v) is 4.21. The molecule has 0 spiro atoms. The van der Waals surface area contributed by atoms with Crippen LogP contribution in [-0.4, -0.2) is 18.9 Å². The van der Waals surface area contributed by atoms with Gasteiger partial charge in [-0.25, -0.2) is 0 Å². The van der Waals surface area contributed by atoms with E-state index in [-0.39, 0.29) is 17.6 Å². The maximum Gasteiger partial charge on any atom is 0.291 e. The van der Waals surface area contributed by atoms with E-state index in [1.807, 2.05) is 25.1 Å². The van der Waals surface area contributed by atoms with Crippen LogP contribution in [0.5, 0.6) is 11.5 Å². The fraction of sp³-hybridized carbons (Fsp3) is 0.100. The molecule has 2 heterocycles. The number of fused-ring (bicyclic) bond motifs is 2. The minimum Gasteiger partial charge on any atom is -0.459 e. The Labute approximate surface area is 150 Å². The second-order valence-corrected chi connectivity index (χ2v) is 6.08. The Balaban J connectivity index is 1.69. The van der Waals surface area contributed by atoms with Crippen molar-refractivity contribution < 1.29 is 18.7 Å². The molecule has 1 aliphatic rings. The maximum atomic E-state index is 12.9. The molecule has 3 aromatic rings. The topological polar surface area (TPSA) is 71.8 Å². The smallest absolute Gasteiger partial charge is 0.291 e. The highest BCUT2D eigenvalue weighted by atomic mass is 16.5. The first-order chi connectivity index (χ1) is 12.5. The van der Waals surface area contributed by atoms with Gasteiger partial charge in [0.25, 0.3) is 11.8 Å². The molecule has 0 fully saturated rings. The van der Waals surface area contributed by atoms with Crippen molar-refractivity contribution in [2.45, 2.75) is 6.92 Å². The predicted octanol–water partition coefficient (Wildman–Crippen LogP) is 4.22. The van der Waals surface area contributed by atoms with Gasteiger partial charge >= 0.3 is 0 Å². The molecule has 4 rings (SSSR count). The lowest BCUT2D eigenvalue weighted by Crippen LogP contribution is -2.25. The van der Waals surface area contributed by atoms with E-state index in [1.165, 1.54) is 6.26 Å². The van der Waals surface area contributed by atoms with Gasteiger partial charge in [-0.05, 0) is 55.0 Å². The van der Waals surface area contributed by atoms with Gasteiger partial charge in [-0.1, -0.05) is 6.07 Å². The van der Waals surface area contributed by atoms with E-state index in [2.05, 4.69) is 5.32 Å². The van der Waals surface area contributed by atoms with Gasteiger partial charge in [-0.3, -0.25) is 9.59 Å². The summed E-state index contributed by atoms with van der Waals surface area (Å²) in [7, 11) is 1.70. The summed E-state index contributed by atoms with van der Waals surface area (Å²) < 4.78 is 11.0. The number of amides is 2. The van der Waals surface area contributed by atoms with Crippen LogP contribution >= 0.6 is 0 Å². The highest BCUT2D eigenvalue weighted by molar-refractivity contribution is 6.10. The number of carbonyl (C=O) groups is 2. The number of hydrogen-bond acceptors (Lipinski definition) is 4. The van der Waals surface area contributed by atoms with Crippen LogP contribution in [0.4, 0.5) is 11.4 Å². The van der Waals surface area contributed by atoms with Crippen molar-refractivity contribution in [3.63, 3.8) is 0 Å². The third-order valence-electron chi connectivity index (χ3n) is 4.21. The summed E-state index contributed by atoms with van der Waals surface area (Å²) in [5, 5.41) is 2.72. The molecular formula is C20H16N2O4. The molecule has 130 valence electrons. The molecule has 1 N–H and O–H groups in total. The molecule has 2 aromatic carbocycles. The van der Waals surface area contributed by atoms with Crippen molar-refractivity contribution in [1.82, 2.24) is 0 Å².